The van der Waals surface area contributed by atoms with Gasteiger partial charge in [0.05, 0.1) is 22.4 Å². The van der Waals surface area contributed by atoms with Crippen LogP contribution in [-0.2, 0) is 0 Å². The number of nitrogens with zero attached hydrogens (tertiary/aromatic N) is 4. The predicted octanol–water partition coefficient (Wildman–Crippen LogP) is 12.5. The molecule has 312 valence electrons. The predicted molar refractivity (Wildman–Crippen MR) is 281 cm³/mol. The summed E-state index contributed by atoms with van der Waals surface area (Å²) in [7, 11) is 0. The lowest BCUT2D eigenvalue weighted by Gasteiger charge is -2.36. The van der Waals surface area contributed by atoms with E-state index in [0.717, 1.165) is 61.9 Å². The van der Waals surface area contributed by atoms with E-state index in [2.05, 4.69) is 262 Å². The second-order valence-electron chi connectivity index (χ2n) is 17.7. The zero-order valence-electron chi connectivity index (χ0n) is 36.4. The molecular weight excluding hydrogens is 814 g/mol. The van der Waals surface area contributed by atoms with Crippen molar-refractivity contribution >= 4 is 97.2 Å². The zero-order chi connectivity index (χ0) is 44.0. The van der Waals surface area contributed by atoms with E-state index in [9.17, 15) is 0 Å². The second kappa shape index (κ2) is 14.9. The highest BCUT2D eigenvalue weighted by molar-refractivity contribution is 6.97. The van der Waals surface area contributed by atoms with E-state index in [1.807, 2.05) is 0 Å². The minimum absolute atomic E-state index is 0.0182. The number of aromatic nitrogens is 1. The van der Waals surface area contributed by atoms with Gasteiger partial charge >= 0.3 is 6.98 Å². The van der Waals surface area contributed by atoms with E-state index in [0.29, 0.717) is 0 Å². The van der Waals surface area contributed by atoms with Gasteiger partial charge in [-0.1, -0.05) is 157 Å². The summed E-state index contributed by atoms with van der Waals surface area (Å²) in [5.74, 6) is 1.73. The van der Waals surface area contributed by atoms with Crippen molar-refractivity contribution in [2.45, 2.75) is 0 Å². The average Bonchev–Trinajstić information content (AvgIpc) is 3.92. The average molecular weight is 855 g/mol. The topological polar surface area (TPSA) is 23.9 Å². The third kappa shape index (κ3) is 5.78. The number of anilines is 7. The van der Waals surface area contributed by atoms with Crippen LogP contribution >= 0.6 is 0 Å². The maximum atomic E-state index is 7.23. The van der Waals surface area contributed by atoms with Crippen LogP contribution in [0.1, 0.15) is 0 Å². The zero-order valence-corrected chi connectivity index (χ0v) is 36.4. The quantitative estimate of drug-likeness (QED) is 0.156. The van der Waals surface area contributed by atoms with Gasteiger partial charge in [0.25, 0.3) is 6.71 Å². The minimum Gasteiger partial charge on any atom is -0.458 e. The Labute approximate surface area is 390 Å². The molecule has 67 heavy (non-hydrogen) atoms. The van der Waals surface area contributed by atoms with Gasteiger partial charge in [-0.25, -0.2) is 0 Å². The van der Waals surface area contributed by atoms with Gasteiger partial charge in [0.15, 0.2) is 0 Å². The van der Waals surface area contributed by atoms with Crippen LogP contribution in [0.2, 0.25) is 0 Å². The van der Waals surface area contributed by atoms with Crippen LogP contribution in [0.5, 0.6) is 11.5 Å². The summed E-state index contributed by atoms with van der Waals surface area (Å²) >= 11 is 0. The van der Waals surface area contributed by atoms with Gasteiger partial charge in [-0.3, -0.25) is 0 Å². The van der Waals surface area contributed by atoms with E-state index in [1.54, 1.807) is 0 Å². The van der Waals surface area contributed by atoms with Crippen molar-refractivity contribution in [1.82, 2.24) is 4.57 Å². The molecule has 0 spiro atoms. The van der Waals surface area contributed by atoms with Crippen LogP contribution in [0.15, 0.2) is 243 Å². The molecule has 11 aromatic rings. The maximum absolute atomic E-state index is 7.23. The number of ether oxygens (including phenoxy) is 1. The standard InChI is InChI=1S/C60H40B2N4O/c1-4-18-41(19-5-1)61-52-35-32-45(64-54-28-14-11-26-49(54)50-38-44(34-37-55(50)64)63(42-20-6-2-7-21-42)43-22-8-3-9-23-43)39-59(52)67-60-40-46(33-36-53(60)61)65-57-30-16-17-31-58(57)66-56-29-15-12-25-48(56)47-24-10-13-27-51(47)62(65)66/h1-40H. The first-order valence-electron chi connectivity index (χ1n) is 23.1. The molecule has 3 aliphatic heterocycles. The highest BCUT2D eigenvalue weighted by Crippen LogP contribution is 2.51. The van der Waals surface area contributed by atoms with Crippen molar-refractivity contribution in [3.63, 3.8) is 0 Å². The van der Waals surface area contributed by atoms with Crippen LogP contribution in [0, 0.1) is 0 Å². The number of para-hydroxylation sites is 6. The highest BCUT2D eigenvalue weighted by atomic mass is 16.5. The number of rotatable bonds is 6. The largest absolute Gasteiger partial charge is 0.458 e. The summed E-state index contributed by atoms with van der Waals surface area (Å²) in [6.45, 7) is -0.0902. The molecule has 4 heterocycles. The fraction of sp³-hybridized carbons (Fsp3) is 0. The van der Waals surface area contributed by atoms with Crippen molar-refractivity contribution in [2.75, 3.05) is 14.5 Å². The Morgan fingerprint density at radius 1 is 0.358 bits per heavy atom. The summed E-state index contributed by atoms with van der Waals surface area (Å²) in [6.07, 6.45) is 0. The Bertz CT molecular complexity index is 3690. The molecule has 0 fully saturated rings. The monoisotopic (exact) mass is 854 g/mol. The normalized spacial score (nSPS) is 13.1. The Balaban J connectivity index is 0.912. The lowest BCUT2D eigenvalue weighted by atomic mass is 9.36. The molecule has 0 saturated heterocycles. The van der Waals surface area contributed by atoms with Crippen molar-refractivity contribution in [2.24, 2.45) is 0 Å². The third-order valence-electron chi connectivity index (χ3n) is 14.0. The van der Waals surface area contributed by atoms with Gasteiger partial charge in [-0.05, 0) is 101 Å². The number of fused-ring (bicyclic) bond motifs is 13. The van der Waals surface area contributed by atoms with Crippen molar-refractivity contribution in [3.8, 4) is 28.3 Å². The fourth-order valence-electron chi connectivity index (χ4n) is 11.2. The van der Waals surface area contributed by atoms with Crippen LogP contribution in [0.3, 0.4) is 0 Å². The van der Waals surface area contributed by atoms with Gasteiger partial charge in [0.1, 0.15) is 11.5 Å². The Morgan fingerprint density at radius 2 is 0.910 bits per heavy atom. The van der Waals surface area contributed by atoms with Crippen LogP contribution in [0.4, 0.5) is 39.8 Å². The van der Waals surface area contributed by atoms with E-state index >= 15 is 0 Å². The number of hydrogen-bond donors (Lipinski definition) is 0. The van der Waals surface area contributed by atoms with Gasteiger partial charge in [0.2, 0.25) is 0 Å². The molecule has 0 radical (unpaired) electrons. The van der Waals surface area contributed by atoms with Gasteiger partial charge in [0, 0.05) is 62.6 Å². The second-order valence-corrected chi connectivity index (χ2v) is 17.7. The van der Waals surface area contributed by atoms with E-state index in [-0.39, 0.29) is 13.7 Å². The summed E-state index contributed by atoms with van der Waals surface area (Å²) in [4.78, 5) is 7.34. The smallest absolute Gasteiger partial charge is 0.421 e. The Kier molecular flexibility index (Phi) is 8.40. The van der Waals surface area contributed by atoms with Gasteiger partial charge in [-0.15, -0.1) is 0 Å². The molecule has 0 unspecified atom stereocenters. The Hall–Kier alpha value is -8.67. The number of hydrogen-bond acceptors (Lipinski definition) is 4. The SMILES string of the molecule is c1ccc(B2c3ccc(N4B5c6ccccc6-c6ccccc6N5c5ccccc54)cc3Oc3cc(-n4c5ccccc5c5cc(N(c6ccccc6)c6ccccc6)ccc54)ccc32)cc1. The molecule has 0 saturated carbocycles. The first-order valence-corrected chi connectivity index (χ1v) is 23.1. The molecule has 7 heteroatoms. The molecule has 0 aliphatic carbocycles. The molecule has 0 N–H and O–H groups in total. The summed E-state index contributed by atoms with van der Waals surface area (Å²) in [5.41, 5.74) is 18.6. The van der Waals surface area contributed by atoms with Gasteiger partial charge < -0.3 is 23.8 Å². The molecular formula is C60H40B2N4O. The summed E-state index contributed by atoms with van der Waals surface area (Å²) in [6, 6.07) is 87.9. The molecule has 0 amide bonds. The molecule has 0 atom stereocenters. The molecule has 1 aromatic heterocycles. The molecule has 3 aliphatic rings. The van der Waals surface area contributed by atoms with Gasteiger partial charge in [-0.2, -0.15) is 0 Å². The van der Waals surface area contributed by atoms with E-state index in [4.69, 9.17) is 4.74 Å². The lowest BCUT2D eigenvalue weighted by Crippen LogP contribution is -2.56. The summed E-state index contributed by atoms with van der Waals surface area (Å²) in [5, 5.41) is 2.38. The number of benzene rings is 10. The lowest BCUT2D eigenvalue weighted by molar-refractivity contribution is 0.487. The van der Waals surface area contributed by atoms with Crippen molar-refractivity contribution < 1.29 is 4.74 Å². The van der Waals surface area contributed by atoms with Crippen molar-refractivity contribution in [1.29, 1.82) is 0 Å². The minimum atomic E-state index is -0.0720. The molecule has 5 nitrogen and oxygen atoms in total. The molecule has 10 aromatic carbocycles. The summed E-state index contributed by atoms with van der Waals surface area (Å²) < 4.78 is 9.62. The van der Waals surface area contributed by atoms with Crippen LogP contribution in [0.25, 0.3) is 38.6 Å². The molecule has 0 bridgehead atoms. The Morgan fingerprint density at radius 3 is 1.64 bits per heavy atom. The highest BCUT2D eigenvalue weighted by Gasteiger charge is 2.48. The van der Waals surface area contributed by atoms with Crippen LogP contribution < -0.4 is 41.1 Å². The van der Waals surface area contributed by atoms with Crippen molar-refractivity contribution in [3.05, 3.63) is 243 Å². The third-order valence-corrected chi connectivity index (χ3v) is 14.0. The van der Waals surface area contributed by atoms with E-state index < -0.39 is 0 Å². The maximum Gasteiger partial charge on any atom is 0.421 e. The van der Waals surface area contributed by atoms with E-state index in [1.165, 1.54) is 49.9 Å². The fourth-order valence-corrected chi connectivity index (χ4v) is 11.2. The first-order chi connectivity index (χ1) is 33.3. The van der Waals surface area contributed by atoms with Crippen LogP contribution in [-0.4, -0.2) is 18.3 Å². The molecule has 14 rings (SSSR count). The first kappa shape index (κ1) is 37.7.